The van der Waals surface area contributed by atoms with E-state index >= 15 is 0 Å². The first-order valence-corrected chi connectivity index (χ1v) is 6.52. The van der Waals surface area contributed by atoms with Gasteiger partial charge in [-0.15, -0.1) is 0 Å². The molecule has 1 fully saturated rings. The molecule has 1 saturated heterocycles. The molecule has 0 radical (unpaired) electrons. The predicted octanol–water partition coefficient (Wildman–Crippen LogP) is 0.806. The Balaban J connectivity index is 2.42. The van der Waals surface area contributed by atoms with Gasteiger partial charge in [-0.2, -0.15) is 11.8 Å². The summed E-state index contributed by atoms with van der Waals surface area (Å²) in [6.07, 6.45) is 3.13. The Kier molecular flexibility index (Phi) is 4.75. The van der Waals surface area contributed by atoms with E-state index in [9.17, 15) is 4.79 Å². The second kappa shape index (κ2) is 5.61. The van der Waals surface area contributed by atoms with Crippen LogP contribution in [0.15, 0.2) is 0 Å². The van der Waals surface area contributed by atoms with Crippen LogP contribution in [0.1, 0.15) is 13.3 Å². The standard InChI is InChI=1S/C10H20N2OS/c1-8(7-14-3)10(13)12(2)9-4-5-11-6-9/h8-9,11H,4-7H2,1-3H3. The summed E-state index contributed by atoms with van der Waals surface area (Å²) in [5, 5.41) is 3.28. The van der Waals surface area contributed by atoms with Crippen LogP contribution in [0.25, 0.3) is 0 Å². The Bertz CT molecular complexity index is 193. The van der Waals surface area contributed by atoms with Crippen molar-refractivity contribution in [3.8, 4) is 0 Å². The lowest BCUT2D eigenvalue weighted by Crippen LogP contribution is -2.41. The fourth-order valence-corrected chi connectivity index (χ4v) is 2.46. The van der Waals surface area contributed by atoms with Crippen LogP contribution < -0.4 is 5.32 Å². The van der Waals surface area contributed by atoms with E-state index in [0.29, 0.717) is 6.04 Å². The first-order valence-electron chi connectivity index (χ1n) is 5.13. The average Bonchev–Trinajstić information content (AvgIpc) is 2.68. The Morgan fingerprint density at radius 1 is 1.71 bits per heavy atom. The highest BCUT2D eigenvalue weighted by molar-refractivity contribution is 7.98. The van der Waals surface area contributed by atoms with Crippen molar-refractivity contribution in [2.75, 3.05) is 32.1 Å². The van der Waals surface area contributed by atoms with Crippen molar-refractivity contribution in [3.63, 3.8) is 0 Å². The minimum atomic E-state index is 0.149. The van der Waals surface area contributed by atoms with Crippen molar-refractivity contribution in [2.24, 2.45) is 5.92 Å². The van der Waals surface area contributed by atoms with Crippen molar-refractivity contribution in [3.05, 3.63) is 0 Å². The molecule has 0 bridgehead atoms. The maximum Gasteiger partial charge on any atom is 0.226 e. The quantitative estimate of drug-likeness (QED) is 0.754. The topological polar surface area (TPSA) is 32.3 Å². The number of carbonyl (C=O) groups excluding carboxylic acids is 1. The molecule has 14 heavy (non-hydrogen) atoms. The maximum absolute atomic E-state index is 11.9. The number of thioether (sulfide) groups is 1. The van der Waals surface area contributed by atoms with E-state index < -0.39 is 0 Å². The second-order valence-corrected chi connectivity index (χ2v) is 4.86. The Morgan fingerprint density at radius 3 is 2.93 bits per heavy atom. The van der Waals surface area contributed by atoms with Crippen LogP contribution in [0.4, 0.5) is 0 Å². The number of nitrogens with zero attached hydrogens (tertiary/aromatic N) is 1. The molecule has 1 aliphatic heterocycles. The minimum absolute atomic E-state index is 0.149. The van der Waals surface area contributed by atoms with Crippen molar-refractivity contribution in [1.82, 2.24) is 10.2 Å². The molecule has 0 aromatic carbocycles. The van der Waals surface area contributed by atoms with Gasteiger partial charge in [0.25, 0.3) is 0 Å². The molecule has 0 aliphatic carbocycles. The predicted molar refractivity (Wildman–Crippen MR) is 61.6 cm³/mol. The Hall–Kier alpha value is -0.220. The first-order chi connectivity index (χ1) is 6.66. The third-order valence-electron chi connectivity index (χ3n) is 2.77. The van der Waals surface area contributed by atoms with E-state index in [4.69, 9.17) is 0 Å². The van der Waals surface area contributed by atoms with Crippen LogP contribution in [0.2, 0.25) is 0 Å². The van der Waals surface area contributed by atoms with Gasteiger partial charge in [-0.1, -0.05) is 6.92 Å². The van der Waals surface area contributed by atoms with E-state index in [0.717, 1.165) is 25.3 Å². The summed E-state index contributed by atoms with van der Waals surface area (Å²) in [5.74, 6) is 1.35. The largest absolute Gasteiger partial charge is 0.341 e. The van der Waals surface area contributed by atoms with Crippen molar-refractivity contribution in [2.45, 2.75) is 19.4 Å². The van der Waals surface area contributed by atoms with Gasteiger partial charge in [0, 0.05) is 31.3 Å². The molecule has 1 aliphatic rings. The van der Waals surface area contributed by atoms with Gasteiger partial charge in [-0.05, 0) is 19.2 Å². The van der Waals surface area contributed by atoms with Crippen molar-refractivity contribution >= 4 is 17.7 Å². The van der Waals surface area contributed by atoms with Crippen LogP contribution in [0, 0.1) is 5.92 Å². The van der Waals surface area contributed by atoms with Gasteiger partial charge in [0.15, 0.2) is 0 Å². The van der Waals surface area contributed by atoms with Crippen LogP contribution >= 0.6 is 11.8 Å². The van der Waals surface area contributed by atoms with Crippen molar-refractivity contribution in [1.29, 1.82) is 0 Å². The van der Waals surface area contributed by atoms with Gasteiger partial charge in [0.05, 0.1) is 0 Å². The summed E-state index contributed by atoms with van der Waals surface area (Å²) in [6, 6.07) is 0.409. The summed E-state index contributed by atoms with van der Waals surface area (Å²) in [6.45, 7) is 4.01. The molecule has 1 rings (SSSR count). The molecule has 3 nitrogen and oxygen atoms in total. The van der Waals surface area contributed by atoms with Gasteiger partial charge in [0.1, 0.15) is 0 Å². The summed E-state index contributed by atoms with van der Waals surface area (Å²) >= 11 is 1.73. The van der Waals surface area contributed by atoms with Gasteiger partial charge in [-0.25, -0.2) is 0 Å². The lowest BCUT2D eigenvalue weighted by atomic mass is 10.1. The molecule has 1 N–H and O–H groups in total. The summed E-state index contributed by atoms with van der Waals surface area (Å²) in [7, 11) is 1.93. The van der Waals surface area contributed by atoms with E-state index in [1.807, 2.05) is 25.1 Å². The summed E-state index contributed by atoms with van der Waals surface area (Å²) in [5.41, 5.74) is 0. The molecular formula is C10H20N2OS. The Labute approximate surface area is 90.6 Å². The first kappa shape index (κ1) is 11.9. The summed E-state index contributed by atoms with van der Waals surface area (Å²) < 4.78 is 0. The summed E-state index contributed by atoms with van der Waals surface area (Å²) in [4.78, 5) is 13.8. The van der Waals surface area contributed by atoms with Crippen molar-refractivity contribution < 1.29 is 4.79 Å². The Morgan fingerprint density at radius 2 is 2.43 bits per heavy atom. The minimum Gasteiger partial charge on any atom is -0.341 e. The van der Waals surface area contributed by atoms with Gasteiger partial charge in [0.2, 0.25) is 5.91 Å². The van der Waals surface area contributed by atoms with E-state index in [1.165, 1.54) is 0 Å². The average molecular weight is 216 g/mol. The molecule has 4 heteroatoms. The number of amides is 1. The highest BCUT2D eigenvalue weighted by atomic mass is 32.2. The van der Waals surface area contributed by atoms with Gasteiger partial charge < -0.3 is 10.2 Å². The van der Waals surface area contributed by atoms with Crippen LogP contribution in [-0.2, 0) is 4.79 Å². The third-order valence-corrected chi connectivity index (χ3v) is 3.60. The number of hydrogen-bond donors (Lipinski definition) is 1. The highest BCUT2D eigenvalue weighted by Crippen LogP contribution is 2.13. The number of nitrogens with one attached hydrogen (secondary N) is 1. The SMILES string of the molecule is CSCC(C)C(=O)N(C)C1CCNC1. The zero-order chi connectivity index (χ0) is 10.6. The normalized spacial score (nSPS) is 23.5. The zero-order valence-corrected chi connectivity index (χ0v) is 10.1. The molecule has 1 heterocycles. The molecule has 0 saturated carbocycles. The maximum atomic E-state index is 11.9. The molecule has 82 valence electrons. The molecule has 0 aromatic heterocycles. The lowest BCUT2D eigenvalue weighted by molar-refractivity contribution is -0.134. The fraction of sp³-hybridized carbons (Fsp3) is 0.900. The zero-order valence-electron chi connectivity index (χ0n) is 9.25. The van der Waals surface area contributed by atoms with Crippen LogP contribution in [0.5, 0.6) is 0 Å². The van der Waals surface area contributed by atoms with E-state index in [2.05, 4.69) is 5.32 Å². The lowest BCUT2D eigenvalue weighted by Gasteiger charge is -2.26. The monoisotopic (exact) mass is 216 g/mol. The number of likely N-dealkylation sites (N-methyl/N-ethyl adjacent to an activating group) is 1. The highest BCUT2D eigenvalue weighted by Gasteiger charge is 2.25. The molecule has 0 aromatic rings. The molecule has 1 amide bonds. The number of carbonyl (C=O) groups is 1. The van der Waals surface area contributed by atoms with E-state index in [-0.39, 0.29) is 11.8 Å². The molecule has 2 unspecified atom stereocenters. The van der Waals surface area contributed by atoms with Gasteiger partial charge in [-0.3, -0.25) is 4.79 Å². The number of rotatable bonds is 4. The van der Waals surface area contributed by atoms with Gasteiger partial charge >= 0.3 is 0 Å². The third kappa shape index (κ3) is 2.89. The molecule has 2 atom stereocenters. The molecule has 0 spiro atoms. The van der Waals surface area contributed by atoms with E-state index in [1.54, 1.807) is 11.8 Å². The smallest absolute Gasteiger partial charge is 0.226 e. The number of hydrogen-bond acceptors (Lipinski definition) is 3. The second-order valence-electron chi connectivity index (χ2n) is 3.95. The van der Waals surface area contributed by atoms with Crippen LogP contribution in [0.3, 0.4) is 0 Å². The van der Waals surface area contributed by atoms with Crippen LogP contribution in [-0.4, -0.2) is 49.0 Å². The molecular weight excluding hydrogens is 196 g/mol. The fourth-order valence-electron chi connectivity index (χ4n) is 1.82.